The van der Waals surface area contributed by atoms with Gasteiger partial charge in [0.25, 0.3) is 5.91 Å². The minimum atomic E-state index is -0.181. The predicted octanol–water partition coefficient (Wildman–Crippen LogP) is 3.14. The van der Waals surface area contributed by atoms with E-state index in [1.807, 2.05) is 23.1 Å². The maximum absolute atomic E-state index is 13.2. The van der Waals surface area contributed by atoms with Crippen LogP contribution in [0, 0.1) is 17.8 Å². The Balaban J connectivity index is 1.28. The summed E-state index contributed by atoms with van der Waals surface area (Å²) in [4.78, 5) is 30.3. The Morgan fingerprint density at radius 1 is 1.31 bits per heavy atom. The van der Waals surface area contributed by atoms with Crippen molar-refractivity contribution in [1.82, 2.24) is 15.1 Å². The molecule has 3 saturated heterocycles. The number of methoxy groups -OCH3 is 1. The van der Waals surface area contributed by atoms with Crippen molar-refractivity contribution in [3.05, 3.63) is 30.0 Å². The number of carbonyl (C=O) groups excluding carboxylic acids is 2. The lowest BCUT2D eigenvalue weighted by Gasteiger charge is -2.42. The van der Waals surface area contributed by atoms with E-state index in [4.69, 9.17) is 9.15 Å². The Hall–Kier alpha value is -2.54. The number of para-hydroxylation sites is 1. The third-order valence-corrected chi connectivity index (χ3v) is 7.96. The number of hydrogen-bond donors (Lipinski definition) is 1. The van der Waals surface area contributed by atoms with Crippen molar-refractivity contribution in [2.45, 2.75) is 38.6 Å². The third kappa shape index (κ3) is 3.47. The van der Waals surface area contributed by atoms with Gasteiger partial charge in [-0.25, -0.2) is 0 Å². The molecule has 0 radical (unpaired) electrons. The van der Waals surface area contributed by atoms with Gasteiger partial charge >= 0.3 is 0 Å². The number of amides is 2. The van der Waals surface area contributed by atoms with Crippen LogP contribution in [0.15, 0.2) is 28.7 Å². The number of nitrogens with one attached hydrogen (secondary N) is 1. The molecule has 3 aliphatic rings. The molecule has 0 bridgehead atoms. The molecule has 7 nitrogen and oxygen atoms in total. The molecule has 5 rings (SSSR count). The van der Waals surface area contributed by atoms with Gasteiger partial charge in [-0.1, -0.05) is 32.4 Å². The van der Waals surface area contributed by atoms with Crippen LogP contribution in [0.2, 0.25) is 0 Å². The number of carbonyl (C=O) groups is 2. The molecular weight excluding hydrogens is 406 g/mol. The topological polar surface area (TPSA) is 75.0 Å². The van der Waals surface area contributed by atoms with Gasteiger partial charge in [-0.15, -0.1) is 0 Å². The number of furan rings is 1. The Bertz CT molecular complexity index is 1020. The molecule has 2 amide bonds. The average Bonchev–Trinajstić information content (AvgIpc) is 3.48. The van der Waals surface area contributed by atoms with E-state index in [0.29, 0.717) is 42.0 Å². The first-order valence-corrected chi connectivity index (χ1v) is 11.8. The molecular formula is C25H33N3O4. The van der Waals surface area contributed by atoms with Crippen LogP contribution in [-0.4, -0.2) is 67.0 Å². The summed E-state index contributed by atoms with van der Waals surface area (Å²) in [5.41, 5.74) is 0.421. The van der Waals surface area contributed by atoms with Crippen LogP contribution < -0.4 is 10.1 Å². The van der Waals surface area contributed by atoms with E-state index in [0.717, 1.165) is 44.3 Å². The van der Waals surface area contributed by atoms with Gasteiger partial charge in [-0.3, -0.25) is 9.59 Å². The second-order valence-corrected chi connectivity index (χ2v) is 9.87. The maximum atomic E-state index is 13.2. The molecule has 3 fully saturated rings. The number of rotatable bonds is 5. The fraction of sp³-hybridized carbons (Fsp3) is 0.600. The normalized spacial score (nSPS) is 25.8. The summed E-state index contributed by atoms with van der Waals surface area (Å²) in [5, 5.41) is 4.21. The number of hydrogen-bond acceptors (Lipinski definition) is 5. The van der Waals surface area contributed by atoms with Gasteiger partial charge in [0, 0.05) is 49.6 Å². The highest BCUT2D eigenvalue weighted by Crippen LogP contribution is 2.44. The van der Waals surface area contributed by atoms with Crippen LogP contribution in [0.25, 0.3) is 11.0 Å². The van der Waals surface area contributed by atoms with Crippen molar-refractivity contribution in [3.63, 3.8) is 0 Å². The zero-order valence-electron chi connectivity index (χ0n) is 19.2. The van der Waals surface area contributed by atoms with Crippen LogP contribution >= 0.6 is 0 Å². The van der Waals surface area contributed by atoms with E-state index in [1.165, 1.54) is 0 Å². The SMILES string of the molecule is CC[C@@H](C)CN1C[C@H]2C(=O)NC3(CCN(C(=O)c4cc5cccc(OC)c5o4)CC3)[C@H]2C1. The minimum Gasteiger partial charge on any atom is -0.493 e. The number of benzene rings is 1. The molecule has 1 spiro atoms. The maximum Gasteiger partial charge on any atom is 0.289 e. The van der Waals surface area contributed by atoms with Gasteiger partial charge < -0.3 is 24.3 Å². The highest BCUT2D eigenvalue weighted by molar-refractivity contribution is 5.97. The first kappa shape index (κ1) is 21.3. The smallest absolute Gasteiger partial charge is 0.289 e. The van der Waals surface area contributed by atoms with E-state index < -0.39 is 0 Å². The molecule has 172 valence electrons. The fourth-order valence-electron chi connectivity index (χ4n) is 5.92. The molecule has 1 N–H and O–H groups in total. The summed E-state index contributed by atoms with van der Waals surface area (Å²) in [7, 11) is 1.60. The van der Waals surface area contributed by atoms with Crippen LogP contribution in [0.3, 0.4) is 0 Å². The zero-order valence-corrected chi connectivity index (χ0v) is 19.2. The third-order valence-electron chi connectivity index (χ3n) is 7.96. The fourth-order valence-corrected chi connectivity index (χ4v) is 5.92. The monoisotopic (exact) mass is 439 g/mol. The van der Waals surface area contributed by atoms with Crippen LogP contribution in [0.1, 0.15) is 43.7 Å². The highest BCUT2D eigenvalue weighted by Gasteiger charge is 2.57. The number of ether oxygens (including phenoxy) is 1. The van der Waals surface area contributed by atoms with Crippen LogP contribution in [0.4, 0.5) is 0 Å². The summed E-state index contributed by atoms with van der Waals surface area (Å²) in [5.74, 6) is 2.15. The molecule has 4 heterocycles. The molecule has 7 heteroatoms. The van der Waals surface area contributed by atoms with Crippen molar-refractivity contribution < 1.29 is 18.7 Å². The van der Waals surface area contributed by atoms with Gasteiger partial charge in [-0.05, 0) is 30.9 Å². The number of likely N-dealkylation sites (tertiary alicyclic amines) is 2. The Morgan fingerprint density at radius 2 is 2.09 bits per heavy atom. The van der Waals surface area contributed by atoms with Crippen LogP contribution in [0.5, 0.6) is 5.75 Å². The lowest BCUT2D eigenvalue weighted by molar-refractivity contribution is -0.123. The predicted molar refractivity (Wildman–Crippen MR) is 122 cm³/mol. The Kier molecular flexibility index (Phi) is 5.40. The second kappa shape index (κ2) is 8.10. The molecule has 32 heavy (non-hydrogen) atoms. The van der Waals surface area contributed by atoms with Gasteiger partial charge in [-0.2, -0.15) is 0 Å². The first-order chi connectivity index (χ1) is 15.4. The van der Waals surface area contributed by atoms with Crippen molar-refractivity contribution in [2.24, 2.45) is 17.8 Å². The Labute approximate surface area is 189 Å². The molecule has 1 aromatic heterocycles. The van der Waals surface area contributed by atoms with E-state index in [-0.39, 0.29) is 23.3 Å². The van der Waals surface area contributed by atoms with Crippen LogP contribution in [-0.2, 0) is 4.79 Å². The van der Waals surface area contributed by atoms with E-state index in [2.05, 4.69) is 24.1 Å². The highest BCUT2D eigenvalue weighted by atomic mass is 16.5. The average molecular weight is 440 g/mol. The summed E-state index contributed by atoms with van der Waals surface area (Å²) in [6.07, 6.45) is 2.76. The largest absolute Gasteiger partial charge is 0.493 e. The standard InChI is InChI=1S/C25H33N3O4/c1-4-16(2)13-27-14-18-19(15-27)25(26-23(18)29)8-10-28(11-9-25)24(30)21-12-17-6-5-7-20(31-3)22(17)32-21/h5-7,12,16,18-19H,4,8-11,13-15H2,1-3H3,(H,26,29)/t16-,18-,19+/m1/s1. The summed E-state index contributed by atoms with van der Waals surface area (Å²) < 4.78 is 11.2. The van der Waals surface area contributed by atoms with Crippen molar-refractivity contribution in [1.29, 1.82) is 0 Å². The van der Waals surface area contributed by atoms with Crippen molar-refractivity contribution >= 4 is 22.8 Å². The number of piperidine rings is 1. The molecule has 3 atom stereocenters. The lowest BCUT2D eigenvalue weighted by Crippen LogP contribution is -2.56. The molecule has 3 aliphatic heterocycles. The van der Waals surface area contributed by atoms with E-state index in [1.54, 1.807) is 13.2 Å². The lowest BCUT2D eigenvalue weighted by atomic mass is 9.75. The van der Waals surface area contributed by atoms with Crippen molar-refractivity contribution in [2.75, 3.05) is 39.8 Å². The minimum absolute atomic E-state index is 0.0872. The Morgan fingerprint density at radius 3 is 2.81 bits per heavy atom. The number of fused-ring (bicyclic) bond motifs is 3. The van der Waals surface area contributed by atoms with E-state index in [9.17, 15) is 9.59 Å². The number of nitrogens with zero attached hydrogens (tertiary/aromatic N) is 2. The van der Waals surface area contributed by atoms with Gasteiger partial charge in [0.1, 0.15) is 0 Å². The zero-order chi connectivity index (χ0) is 22.5. The summed E-state index contributed by atoms with van der Waals surface area (Å²) in [6.45, 7) is 8.66. The molecule has 0 aliphatic carbocycles. The van der Waals surface area contributed by atoms with Crippen molar-refractivity contribution in [3.8, 4) is 5.75 Å². The van der Waals surface area contributed by atoms with Gasteiger partial charge in [0.2, 0.25) is 5.91 Å². The van der Waals surface area contributed by atoms with E-state index >= 15 is 0 Å². The van der Waals surface area contributed by atoms with Gasteiger partial charge in [0.05, 0.1) is 13.0 Å². The molecule has 2 aromatic rings. The first-order valence-electron chi connectivity index (χ1n) is 11.8. The molecule has 0 saturated carbocycles. The molecule has 1 aromatic carbocycles. The quantitative estimate of drug-likeness (QED) is 0.775. The summed E-state index contributed by atoms with van der Waals surface area (Å²) in [6, 6.07) is 7.43. The van der Waals surface area contributed by atoms with Gasteiger partial charge in [0.15, 0.2) is 17.1 Å². The molecule has 0 unspecified atom stereocenters. The summed E-state index contributed by atoms with van der Waals surface area (Å²) >= 11 is 0. The second-order valence-electron chi connectivity index (χ2n) is 9.87.